The molecule has 1 aliphatic heterocycles. The normalized spacial score (nSPS) is 20.6. The second-order valence-electron chi connectivity index (χ2n) is 6.53. The molecule has 0 aliphatic carbocycles. The second kappa shape index (κ2) is 9.75. The summed E-state index contributed by atoms with van der Waals surface area (Å²) in [6.45, 7) is 10.7. The summed E-state index contributed by atoms with van der Waals surface area (Å²) in [5.41, 5.74) is 2.93. The Morgan fingerprint density at radius 1 is 1.29 bits per heavy atom. The van der Waals surface area contributed by atoms with Crippen molar-refractivity contribution in [2.75, 3.05) is 18.8 Å². The number of nitrogens with zero attached hydrogens (tertiary/aromatic N) is 1. The molecular weight excluding hydrogens is 433 g/mol. The smallest absolute Gasteiger partial charge is 0.191 e. The van der Waals surface area contributed by atoms with Crippen LogP contribution in [0, 0.1) is 13.8 Å². The van der Waals surface area contributed by atoms with Crippen LogP contribution in [0.15, 0.2) is 17.1 Å². The first-order valence-corrected chi connectivity index (χ1v) is 9.37. The molecule has 4 nitrogen and oxygen atoms in total. The number of benzene rings is 1. The Bertz CT molecular complexity index is 548. The van der Waals surface area contributed by atoms with E-state index in [-0.39, 0.29) is 24.0 Å². The van der Waals surface area contributed by atoms with Gasteiger partial charge in [-0.15, -0.1) is 24.0 Å². The standard InChI is InChI=1S/C18H29N3OS.HI/c1-5-19-17(21-12-18(4)7-6-8-23-18)20-11-15-9-13(2)16(22)14(3)10-15;/h9-10,22H,5-8,11-12H2,1-4H3,(H2,19,20,21);1H. The van der Waals surface area contributed by atoms with Crippen molar-refractivity contribution in [1.29, 1.82) is 0 Å². The SMILES string of the molecule is CCNC(=NCc1cc(C)c(O)c(C)c1)NCC1(C)CCCS1.I. The van der Waals surface area contributed by atoms with Crippen LogP contribution < -0.4 is 10.6 Å². The highest BCUT2D eigenvalue weighted by molar-refractivity contribution is 14.0. The number of aromatic hydroxyl groups is 1. The number of phenols is 1. The topological polar surface area (TPSA) is 56.7 Å². The van der Waals surface area contributed by atoms with E-state index >= 15 is 0 Å². The van der Waals surface area contributed by atoms with Gasteiger partial charge in [-0.2, -0.15) is 11.8 Å². The number of halogens is 1. The molecule has 2 rings (SSSR count). The number of guanidine groups is 1. The van der Waals surface area contributed by atoms with E-state index in [1.807, 2.05) is 26.0 Å². The quantitative estimate of drug-likeness (QED) is 0.352. The fraction of sp³-hybridized carbons (Fsp3) is 0.611. The zero-order valence-electron chi connectivity index (χ0n) is 15.1. The predicted molar refractivity (Wildman–Crippen MR) is 116 cm³/mol. The molecule has 1 saturated heterocycles. The third-order valence-corrected chi connectivity index (χ3v) is 5.78. The highest BCUT2D eigenvalue weighted by atomic mass is 127. The largest absolute Gasteiger partial charge is 0.507 e. The van der Waals surface area contributed by atoms with Crippen LogP contribution in [-0.2, 0) is 6.54 Å². The van der Waals surface area contributed by atoms with Crippen molar-refractivity contribution in [3.05, 3.63) is 28.8 Å². The predicted octanol–water partition coefficient (Wildman–Crippen LogP) is 3.97. The van der Waals surface area contributed by atoms with Crippen LogP contribution in [0.4, 0.5) is 0 Å². The lowest BCUT2D eigenvalue weighted by atomic mass is 10.1. The molecule has 136 valence electrons. The van der Waals surface area contributed by atoms with Crippen molar-refractivity contribution in [3.8, 4) is 5.75 Å². The molecule has 24 heavy (non-hydrogen) atoms. The van der Waals surface area contributed by atoms with E-state index in [9.17, 15) is 5.11 Å². The molecule has 3 N–H and O–H groups in total. The van der Waals surface area contributed by atoms with Crippen molar-refractivity contribution in [2.24, 2.45) is 4.99 Å². The van der Waals surface area contributed by atoms with Gasteiger partial charge in [0.05, 0.1) is 6.54 Å². The average molecular weight is 463 g/mol. The second-order valence-corrected chi connectivity index (χ2v) is 8.21. The molecule has 0 amide bonds. The van der Waals surface area contributed by atoms with Crippen LogP contribution in [0.5, 0.6) is 5.75 Å². The van der Waals surface area contributed by atoms with Crippen LogP contribution in [0.1, 0.15) is 43.4 Å². The summed E-state index contributed by atoms with van der Waals surface area (Å²) >= 11 is 2.05. The van der Waals surface area contributed by atoms with Gasteiger partial charge < -0.3 is 15.7 Å². The minimum Gasteiger partial charge on any atom is -0.507 e. The number of hydrogen-bond acceptors (Lipinski definition) is 3. The summed E-state index contributed by atoms with van der Waals surface area (Å²) in [5.74, 6) is 2.51. The molecule has 1 aromatic carbocycles. The average Bonchev–Trinajstić information content (AvgIpc) is 2.94. The van der Waals surface area contributed by atoms with Crippen molar-refractivity contribution < 1.29 is 5.11 Å². The Morgan fingerprint density at radius 2 is 1.96 bits per heavy atom. The molecule has 6 heteroatoms. The van der Waals surface area contributed by atoms with E-state index in [0.717, 1.165) is 35.7 Å². The third-order valence-electron chi connectivity index (χ3n) is 4.25. The van der Waals surface area contributed by atoms with Crippen molar-refractivity contribution in [1.82, 2.24) is 10.6 Å². The zero-order chi connectivity index (χ0) is 16.9. The van der Waals surface area contributed by atoms with E-state index in [2.05, 4.69) is 36.2 Å². The minimum atomic E-state index is 0. The molecular formula is C18H30IN3OS. The number of aryl methyl sites for hydroxylation is 2. The first kappa shape index (κ1) is 21.4. The fourth-order valence-electron chi connectivity index (χ4n) is 2.90. The maximum atomic E-state index is 9.86. The molecule has 0 saturated carbocycles. The van der Waals surface area contributed by atoms with Gasteiger partial charge in [0, 0.05) is 17.8 Å². The molecule has 0 aromatic heterocycles. The van der Waals surface area contributed by atoms with Gasteiger partial charge in [0.25, 0.3) is 0 Å². The first-order valence-electron chi connectivity index (χ1n) is 8.39. The van der Waals surface area contributed by atoms with Crippen LogP contribution in [-0.4, -0.2) is 34.7 Å². The molecule has 1 aromatic rings. The summed E-state index contributed by atoms with van der Waals surface area (Å²) in [6, 6.07) is 4.01. The van der Waals surface area contributed by atoms with Crippen LogP contribution in [0.25, 0.3) is 0 Å². The van der Waals surface area contributed by atoms with Crippen molar-refractivity contribution in [2.45, 2.75) is 51.8 Å². The van der Waals surface area contributed by atoms with Crippen LogP contribution in [0.3, 0.4) is 0 Å². The van der Waals surface area contributed by atoms with Gasteiger partial charge in [-0.05, 0) is 63.0 Å². The number of nitrogens with one attached hydrogen (secondary N) is 2. The first-order chi connectivity index (χ1) is 10.9. The summed E-state index contributed by atoms with van der Waals surface area (Å²) in [5, 5.41) is 16.7. The maximum absolute atomic E-state index is 9.86. The number of phenolic OH excluding ortho intramolecular Hbond substituents is 1. The molecule has 1 unspecified atom stereocenters. The number of rotatable bonds is 5. The zero-order valence-corrected chi connectivity index (χ0v) is 18.3. The summed E-state index contributed by atoms with van der Waals surface area (Å²) in [6.07, 6.45) is 2.57. The fourth-order valence-corrected chi connectivity index (χ4v) is 4.14. The third kappa shape index (κ3) is 6.02. The van der Waals surface area contributed by atoms with Gasteiger partial charge >= 0.3 is 0 Å². The van der Waals surface area contributed by atoms with Crippen molar-refractivity contribution >= 4 is 41.7 Å². The molecule has 1 aliphatic rings. The molecule has 0 spiro atoms. The Hall–Kier alpha value is -0.630. The van der Waals surface area contributed by atoms with Gasteiger partial charge in [-0.25, -0.2) is 4.99 Å². The monoisotopic (exact) mass is 463 g/mol. The lowest BCUT2D eigenvalue weighted by Crippen LogP contribution is -2.43. The van der Waals surface area contributed by atoms with E-state index in [0.29, 0.717) is 17.0 Å². The number of hydrogen-bond donors (Lipinski definition) is 3. The van der Waals surface area contributed by atoms with E-state index < -0.39 is 0 Å². The summed E-state index contributed by atoms with van der Waals surface area (Å²) < 4.78 is 0.321. The van der Waals surface area contributed by atoms with E-state index in [1.165, 1.54) is 18.6 Å². The van der Waals surface area contributed by atoms with Crippen LogP contribution in [0.2, 0.25) is 0 Å². The van der Waals surface area contributed by atoms with Gasteiger partial charge in [0.2, 0.25) is 0 Å². The highest BCUT2D eigenvalue weighted by Crippen LogP contribution is 2.36. The number of thioether (sulfide) groups is 1. The van der Waals surface area contributed by atoms with E-state index in [4.69, 9.17) is 4.99 Å². The lowest BCUT2D eigenvalue weighted by molar-refractivity contribution is 0.466. The molecule has 1 fully saturated rings. The Labute approximate surface area is 167 Å². The summed E-state index contributed by atoms with van der Waals surface area (Å²) in [7, 11) is 0. The molecule has 1 atom stereocenters. The summed E-state index contributed by atoms with van der Waals surface area (Å²) in [4.78, 5) is 4.69. The Morgan fingerprint density at radius 3 is 2.50 bits per heavy atom. The van der Waals surface area contributed by atoms with Gasteiger partial charge in [0.1, 0.15) is 5.75 Å². The van der Waals surface area contributed by atoms with Gasteiger partial charge in [-0.3, -0.25) is 0 Å². The van der Waals surface area contributed by atoms with Crippen molar-refractivity contribution in [3.63, 3.8) is 0 Å². The number of aliphatic imine (C=N–C) groups is 1. The Balaban J connectivity index is 0.00000288. The molecule has 0 radical (unpaired) electrons. The maximum Gasteiger partial charge on any atom is 0.191 e. The van der Waals surface area contributed by atoms with E-state index in [1.54, 1.807) is 0 Å². The highest BCUT2D eigenvalue weighted by Gasteiger charge is 2.29. The minimum absolute atomic E-state index is 0. The van der Waals surface area contributed by atoms with Gasteiger partial charge in [-0.1, -0.05) is 12.1 Å². The lowest BCUT2D eigenvalue weighted by Gasteiger charge is -2.24. The molecule has 1 heterocycles. The van der Waals surface area contributed by atoms with Gasteiger partial charge in [0.15, 0.2) is 5.96 Å². The Kier molecular flexibility index (Phi) is 8.70. The van der Waals surface area contributed by atoms with Crippen LogP contribution >= 0.6 is 35.7 Å². The molecule has 0 bridgehead atoms.